The Morgan fingerprint density at radius 1 is 1.43 bits per heavy atom. The summed E-state index contributed by atoms with van der Waals surface area (Å²) in [5, 5.41) is 14.0. The lowest BCUT2D eigenvalue weighted by Gasteiger charge is -2.14. The molecule has 0 bridgehead atoms. The van der Waals surface area contributed by atoms with Crippen molar-refractivity contribution in [2.45, 2.75) is 13.0 Å². The van der Waals surface area contributed by atoms with E-state index in [-0.39, 0.29) is 16.6 Å². The van der Waals surface area contributed by atoms with E-state index >= 15 is 0 Å². The van der Waals surface area contributed by atoms with Crippen LogP contribution in [0.3, 0.4) is 0 Å². The van der Waals surface area contributed by atoms with E-state index in [0.29, 0.717) is 4.73 Å². The first-order valence-corrected chi connectivity index (χ1v) is 6.46. The molecule has 0 spiro atoms. The molecule has 0 aliphatic carbocycles. The minimum Gasteiger partial charge on any atom is -0.616 e. The van der Waals surface area contributed by atoms with Crippen LogP contribution in [-0.2, 0) is 4.79 Å². The predicted octanol–water partition coefficient (Wildman–Crippen LogP) is 2.52. The zero-order valence-corrected chi connectivity index (χ0v) is 11.8. The van der Waals surface area contributed by atoms with Gasteiger partial charge in [-0.05, 0) is 31.2 Å². The summed E-state index contributed by atoms with van der Waals surface area (Å²) in [5.74, 6) is -1.00. The lowest BCUT2D eigenvalue weighted by atomic mass is 10.3. The van der Waals surface area contributed by atoms with Crippen LogP contribution in [0.25, 0.3) is 0 Å². The fourth-order valence-electron chi connectivity index (χ4n) is 1.56. The number of aromatic nitrogens is 1. The number of benzene rings is 1. The van der Waals surface area contributed by atoms with Gasteiger partial charge in [0, 0.05) is 6.07 Å². The van der Waals surface area contributed by atoms with Crippen molar-refractivity contribution < 1.29 is 18.7 Å². The van der Waals surface area contributed by atoms with E-state index < -0.39 is 17.8 Å². The van der Waals surface area contributed by atoms with Crippen molar-refractivity contribution in [1.29, 1.82) is 0 Å². The molecule has 2 aromatic rings. The van der Waals surface area contributed by atoms with Crippen molar-refractivity contribution in [3.63, 3.8) is 0 Å². The van der Waals surface area contributed by atoms with E-state index in [0.717, 1.165) is 6.07 Å². The number of anilines is 1. The van der Waals surface area contributed by atoms with Gasteiger partial charge in [-0.1, -0.05) is 11.6 Å². The Balaban J connectivity index is 2.04. The summed E-state index contributed by atoms with van der Waals surface area (Å²) in [6, 6.07) is 8.22. The van der Waals surface area contributed by atoms with Gasteiger partial charge in [-0.25, -0.2) is 4.39 Å². The molecule has 1 heterocycles. The van der Waals surface area contributed by atoms with Crippen LogP contribution in [0.15, 0.2) is 42.6 Å². The fourth-order valence-corrected chi connectivity index (χ4v) is 1.78. The summed E-state index contributed by atoms with van der Waals surface area (Å²) >= 11 is 5.81. The molecule has 1 aromatic carbocycles. The Hall–Kier alpha value is -2.34. The zero-order valence-electron chi connectivity index (χ0n) is 11.0. The maximum atomic E-state index is 12.9. The predicted molar refractivity (Wildman–Crippen MR) is 75.5 cm³/mol. The summed E-state index contributed by atoms with van der Waals surface area (Å²) in [6.07, 6.45) is 0.338. The molecule has 2 rings (SSSR count). The Morgan fingerprint density at radius 2 is 2.19 bits per heavy atom. The van der Waals surface area contributed by atoms with E-state index in [1.54, 1.807) is 12.1 Å². The van der Waals surface area contributed by atoms with Crippen LogP contribution in [0.4, 0.5) is 10.1 Å². The van der Waals surface area contributed by atoms with Crippen molar-refractivity contribution in [2.24, 2.45) is 0 Å². The lowest BCUT2D eigenvalue weighted by molar-refractivity contribution is -0.613. The second-order valence-corrected chi connectivity index (χ2v) is 4.65. The van der Waals surface area contributed by atoms with Crippen LogP contribution in [0.5, 0.6) is 5.88 Å². The fraction of sp³-hybridized carbons (Fsp3) is 0.143. The molecule has 110 valence electrons. The molecule has 1 amide bonds. The SMILES string of the molecule is C[C@@H](Oc1cccc[n+]1[O-])C(=O)Nc1ccc(F)cc1Cl. The number of pyridine rings is 1. The second-order valence-electron chi connectivity index (χ2n) is 4.24. The molecule has 0 aliphatic rings. The Bertz CT molecular complexity index is 666. The van der Waals surface area contributed by atoms with Gasteiger partial charge in [0.25, 0.3) is 5.91 Å². The molecule has 1 aromatic heterocycles. The van der Waals surface area contributed by atoms with Crippen LogP contribution in [0, 0.1) is 11.0 Å². The average molecular weight is 311 g/mol. The molecule has 0 radical (unpaired) electrons. The van der Waals surface area contributed by atoms with Crippen molar-refractivity contribution in [3.05, 3.63) is 58.6 Å². The number of hydrogen-bond acceptors (Lipinski definition) is 3. The Kier molecular flexibility index (Phi) is 4.59. The van der Waals surface area contributed by atoms with E-state index in [1.165, 1.54) is 31.3 Å². The van der Waals surface area contributed by atoms with Gasteiger partial charge in [0.2, 0.25) is 0 Å². The molecule has 0 saturated carbocycles. The first-order chi connectivity index (χ1) is 9.97. The molecule has 21 heavy (non-hydrogen) atoms. The normalized spacial score (nSPS) is 11.8. The quantitative estimate of drug-likeness (QED) is 0.697. The van der Waals surface area contributed by atoms with Crippen molar-refractivity contribution in [3.8, 4) is 5.88 Å². The standard InChI is InChI=1S/C14H12ClFN2O3/c1-9(21-13-4-2-3-7-18(13)20)14(19)17-12-6-5-10(16)8-11(12)15/h2-9H,1H3,(H,17,19)/t9-/m1/s1. The minimum atomic E-state index is -0.922. The van der Waals surface area contributed by atoms with E-state index in [2.05, 4.69) is 5.32 Å². The van der Waals surface area contributed by atoms with Gasteiger partial charge in [-0.3, -0.25) is 4.79 Å². The van der Waals surface area contributed by atoms with Gasteiger partial charge in [-0.15, -0.1) is 4.73 Å². The number of nitrogens with zero attached hydrogens (tertiary/aromatic N) is 1. The number of halogens is 2. The van der Waals surface area contributed by atoms with Gasteiger partial charge in [0.05, 0.1) is 16.8 Å². The number of nitrogens with one attached hydrogen (secondary N) is 1. The minimum absolute atomic E-state index is 0.00496. The number of rotatable bonds is 4. The van der Waals surface area contributed by atoms with Crippen LogP contribution in [-0.4, -0.2) is 12.0 Å². The average Bonchev–Trinajstić information content (AvgIpc) is 2.44. The Labute approximate surface area is 125 Å². The lowest BCUT2D eigenvalue weighted by Crippen LogP contribution is -2.36. The van der Waals surface area contributed by atoms with Crippen molar-refractivity contribution in [1.82, 2.24) is 0 Å². The molecule has 0 unspecified atom stereocenters. The molecular formula is C14H12ClFN2O3. The summed E-state index contributed by atoms with van der Waals surface area (Å²) in [4.78, 5) is 12.0. The summed E-state index contributed by atoms with van der Waals surface area (Å²) in [5.41, 5.74) is 0.265. The highest BCUT2D eigenvalue weighted by Gasteiger charge is 2.19. The molecule has 0 aliphatic heterocycles. The van der Waals surface area contributed by atoms with Gasteiger partial charge < -0.3 is 15.3 Å². The van der Waals surface area contributed by atoms with Gasteiger partial charge in [0.15, 0.2) is 12.3 Å². The summed E-state index contributed by atoms with van der Waals surface area (Å²) in [7, 11) is 0. The third kappa shape index (κ3) is 3.82. The first kappa shape index (κ1) is 15.1. The number of carbonyl (C=O) groups excluding carboxylic acids is 1. The van der Waals surface area contributed by atoms with Gasteiger partial charge in [-0.2, -0.15) is 0 Å². The van der Waals surface area contributed by atoms with Crippen LogP contribution < -0.4 is 14.8 Å². The van der Waals surface area contributed by atoms with E-state index in [4.69, 9.17) is 16.3 Å². The molecule has 0 saturated heterocycles. The third-order valence-electron chi connectivity index (χ3n) is 2.64. The highest BCUT2D eigenvalue weighted by Crippen LogP contribution is 2.22. The summed E-state index contributed by atoms with van der Waals surface area (Å²) < 4.78 is 18.7. The molecule has 1 N–H and O–H groups in total. The van der Waals surface area contributed by atoms with Gasteiger partial charge in [0.1, 0.15) is 5.82 Å². The number of hydrogen-bond donors (Lipinski definition) is 1. The van der Waals surface area contributed by atoms with Crippen LogP contribution in [0.2, 0.25) is 5.02 Å². The molecule has 0 fully saturated rings. The van der Waals surface area contributed by atoms with Crippen LogP contribution >= 0.6 is 11.6 Å². The number of ether oxygens (including phenoxy) is 1. The maximum Gasteiger partial charge on any atom is 0.380 e. The largest absolute Gasteiger partial charge is 0.616 e. The molecule has 1 atom stereocenters. The second kappa shape index (κ2) is 6.41. The molecule has 5 nitrogen and oxygen atoms in total. The van der Waals surface area contributed by atoms with Crippen molar-refractivity contribution >= 4 is 23.2 Å². The zero-order chi connectivity index (χ0) is 15.4. The topological polar surface area (TPSA) is 65.3 Å². The van der Waals surface area contributed by atoms with E-state index in [9.17, 15) is 14.4 Å². The maximum absolute atomic E-state index is 12.9. The van der Waals surface area contributed by atoms with Crippen LogP contribution in [0.1, 0.15) is 6.92 Å². The Morgan fingerprint density at radius 3 is 2.86 bits per heavy atom. The first-order valence-electron chi connectivity index (χ1n) is 6.08. The monoisotopic (exact) mass is 310 g/mol. The number of carbonyl (C=O) groups is 1. The molecule has 7 heteroatoms. The smallest absolute Gasteiger partial charge is 0.380 e. The van der Waals surface area contributed by atoms with E-state index in [1.807, 2.05) is 0 Å². The highest BCUT2D eigenvalue weighted by atomic mass is 35.5. The van der Waals surface area contributed by atoms with Gasteiger partial charge >= 0.3 is 5.88 Å². The summed E-state index contributed by atoms with van der Waals surface area (Å²) in [6.45, 7) is 1.49. The third-order valence-corrected chi connectivity index (χ3v) is 2.96. The highest BCUT2D eigenvalue weighted by molar-refractivity contribution is 6.33. The van der Waals surface area contributed by atoms with Crippen molar-refractivity contribution in [2.75, 3.05) is 5.32 Å². The number of amides is 1. The molecular weight excluding hydrogens is 299 g/mol.